The number of ether oxygens (including phenoxy) is 1. The van der Waals surface area contributed by atoms with Crippen LogP contribution in [0.2, 0.25) is 0 Å². The molecule has 0 atom stereocenters. The molecule has 3 rings (SSSR count). The number of rotatable bonds is 4. The summed E-state index contributed by atoms with van der Waals surface area (Å²) < 4.78 is 4.93. The molecule has 0 fully saturated rings. The van der Waals surface area contributed by atoms with E-state index >= 15 is 0 Å². The monoisotopic (exact) mass is 324 g/mol. The number of para-hydroxylation sites is 1. The molecule has 0 aliphatic rings. The first kappa shape index (κ1) is 15.4. The molecule has 1 N–H and O–H groups in total. The molecule has 2 aromatic carbocycles. The van der Waals surface area contributed by atoms with Crippen LogP contribution in [0.15, 0.2) is 48.7 Å². The Morgan fingerprint density at radius 3 is 2.71 bits per heavy atom. The van der Waals surface area contributed by atoms with Gasteiger partial charge in [0.2, 0.25) is 5.75 Å². The van der Waals surface area contributed by atoms with Crippen LogP contribution in [0.4, 0.5) is 5.69 Å². The number of pyridine rings is 1. The van der Waals surface area contributed by atoms with Gasteiger partial charge in [0, 0.05) is 28.8 Å². The van der Waals surface area contributed by atoms with Crippen LogP contribution < -0.4 is 4.74 Å². The van der Waals surface area contributed by atoms with Crippen molar-refractivity contribution in [2.24, 2.45) is 0 Å². The molecular weight excluding hydrogens is 312 g/mol. The van der Waals surface area contributed by atoms with Crippen LogP contribution >= 0.6 is 0 Å². The Bertz CT molecular complexity index is 963. The summed E-state index contributed by atoms with van der Waals surface area (Å²) in [5.74, 6) is -1.17. The predicted molar refractivity (Wildman–Crippen MR) is 86.5 cm³/mol. The Kier molecular flexibility index (Phi) is 3.83. The Hall–Kier alpha value is -3.48. The van der Waals surface area contributed by atoms with Gasteiger partial charge >= 0.3 is 5.69 Å². The average Bonchev–Trinajstić information content (AvgIpc) is 2.60. The second-order valence-electron chi connectivity index (χ2n) is 5.01. The molecule has 0 saturated carbocycles. The van der Waals surface area contributed by atoms with Gasteiger partial charge in [0.25, 0.3) is 0 Å². The Labute approximate surface area is 136 Å². The maximum Gasteiger partial charge on any atom is 0.315 e. The molecule has 0 spiro atoms. The highest BCUT2D eigenvalue weighted by molar-refractivity contribution is 6.16. The van der Waals surface area contributed by atoms with E-state index in [1.165, 1.54) is 19.4 Å². The number of methoxy groups -OCH3 is 1. The molecular formula is C17H12N2O5. The Morgan fingerprint density at radius 2 is 2.00 bits per heavy atom. The fourth-order valence-electron chi connectivity index (χ4n) is 2.47. The number of aromatic hydroxyl groups is 1. The molecule has 7 heteroatoms. The number of fused-ring (bicyclic) bond motifs is 1. The topological polar surface area (TPSA) is 103 Å². The van der Waals surface area contributed by atoms with Gasteiger partial charge < -0.3 is 9.84 Å². The number of hydrogen-bond acceptors (Lipinski definition) is 6. The fraction of sp³-hybridized carbons (Fsp3) is 0.0588. The zero-order valence-electron chi connectivity index (χ0n) is 12.6. The minimum Gasteiger partial charge on any atom is -0.500 e. The van der Waals surface area contributed by atoms with Crippen molar-refractivity contribution < 1.29 is 19.6 Å². The molecule has 0 unspecified atom stereocenters. The maximum absolute atomic E-state index is 12.8. The molecule has 0 aliphatic carbocycles. The SMILES string of the molecule is COc1cc(C(=O)c2ccnc3ccccc23)cc([N+](=O)[O-])c1O. The lowest BCUT2D eigenvalue weighted by atomic mass is 9.99. The number of ketones is 1. The second-order valence-corrected chi connectivity index (χ2v) is 5.01. The standard InChI is InChI=1S/C17H12N2O5/c1-24-15-9-10(8-14(17(15)21)19(22)23)16(20)12-6-7-18-13-5-3-2-4-11(12)13/h2-9,21H,1H3. The van der Waals surface area contributed by atoms with Gasteiger partial charge in [-0.25, -0.2) is 0 Å². The molecule has 24 heavy (non-hydrogen) atoms. The smallest absolute Gasteiger partial charge is 0.315 e. The van der Waals surface area contributed by atoms with Gasteiger partial charge in [-0.15, -0.1) is 0 Å². The molecule has 1 heterocycles. The third kappa shape index (κ3) is 2.52. The molecule has 120 valence electrons. The van der Waals surface area contributed by atoms with E-state index in [4.69, 9.17) is 4.74 Å². The van der Waals surface area contributed by atoms with E-state index in [-0.39, 0.29) is 11.3 Å². The number of nitrogens with zero attached hydrogens (tertiary/aromatic N) is 2. The number of benzene rings is 2. The molecule has 7 nitrogen and oxygen atoms in total. The van der Waals surface area contributed by atoms with Crippen LogP contribution in [0.5, 0.6) is 11.5 Å². The van der Waals surface area contributed by atoms with Crippen molar-refractivity contribution in [2.75, 3.05) is 7.11 Å². The van der Waals surface area contributed by atoms with E-state index in [0.29, 0.717) is 16.5 Å². The van der Waals surface area contributed by atoms with Crippen LogP contribution in [0, 0.1) is 10.1 Å². The molecule has 0 amide bonds. The second kappa shape index (κ2) is 5.96. The molecule has 0 radical (unpaired) electrons. The molecule has 0 saturated heterocycles. The van der Waals surface area contributed by atoms with Gasteiger partial charge in [0.05, 0.1) is 17.5 Å². The van der Waals surface area contributed by atoms with Gasteiger partial charge in [-0.05, 0) is 18.2 Å². The number of hydrogen-bond donors (Lipinski definition) is 1. The number of aromatic nitrogens is 1. The van der Waals surface area contributed by atoms with Crippen molar-refractivity contribution in [1.29, 1.82) is 0 Å². The van der Waals surface area contributed by atoms with E-state index < -0.39 is 22.1 Å². The first-order valence-corrected chi connectivity index (χ1v) is 6.96. The molecule has 1 aromatic heterocycles. The summed E-state index contributed by atoms with van der Waals surface area (Å²) in [5, 5.41) is 21.5. The number of nitro benzene ring substituents is 1. The highest BCUT2D eigenvalue weighted by Crippen LogP contribution is 2.37. The van der Waals surface area contributed by atoms with Crippen LogP contribution in [0.1, 0.15) is 15.9 Å². The number of carbonyl (C=O) groups is 1. The maximum atomic E-state index is 12.8. The summed E-state index contributed by atoms with van der Waals surface area (Å²) >= 11 is 0. The van der Waals surface area contributed by atoms with Crippen LogP contribution in [0.25, 0.3) is 10.9 Å². The van der Waals surface area contributed by atoms with Gasteiger partial charge in [-0.2, -0.15) is 0 Å². The Balaban J connectivity index is 2.19. The van der Waals surface area contributed by atoms with Crippen LogP contribution in [-0.4, -0.2) is 27.9 Å². The number of nitro groups is 1. The zero-order valence-corrected chi connectivity index (χ0v) is 12.6. The highest BCUT2D eigenvalue weighted by Gasteiger charge is 2.23. The minimum atomic E-state index is -0.765. The van der Waals surface area contributed by atoms with Crippen molar-refractivity contribution in [3.8, 4) is 11.5 Å². The van der Waals surface area contributed by atoms with E-state index in [1.54, 1.807) is 30.3 Å². The molecule has 0 aliphatic heterocycles. The summed E-state index contributed by atoms with van der Waals surface area (Å²) in [5.41, 5.74) is 0.468. The number of phenolic OH excluding ortho intramolecular Hbond substituents is 1. The quantitative estimate of drug-likeness (QED) is 0.449. The van der Waals surface area contributed by atoms with Gasteiger partial charge in [0.15, 0.2) is 11.5 Å². The molecule has 3 aromatic rings. The zero-order chi connectivity index (χ0) is 17.3. The fourth-order valence-corrected chi connectivity index (χ4v) is 2.47. The first-order valence-electron chi connectivity index (χ1n) is 6.96. The van der Waals surface area contributed by atoms with E-state index in [0.717, 1.165) is 6.07 Å². The summed E-state index contributed by atoms with van der Waals surface area (Å²) in [6.07, 6.45) is 1.50. The highest BCUT2D eigenvalue weighted by atomic mass is 16.6. The summed E-state index contributed by atoms with van der Waals surface area (Å²) in [7, 11) is 1.26. The summed E-state index contributed by atoms with van der Waals surface area (Å²) in [6, 6.07) is 11.0. The Morgan fingerprint density at radius 1 is 1.25 bits per heavy atom. The lowest BCUT2D eigenvalue weighted by molar-refractivity contribution is -0.386. The summed E-state index contributed by atoms with van der Waals surface area (Å²) in [4.78, 5) is 27.3. The number of phenols is 1. The van der Waals surface area contributed by atoms with E-state index in [1.807, 2.05) is 0 Å². The van der Waals surface area contributed by atoms with Crippen molar-refractivity contribution >= 4 is 22.4 Å². The van der Waals surface area contributed by atoms with E-state index in [9.17, 15) is 20.0 Å². The summed E-state index contributed by atoms with van der Waals surface area (Å²) in [6.45, 7) is 0. The lowest BCUT2D eigenvalue weighted by Gasteiger charge is -2.08. The van der Waals surface area contributed by atoms with E-state index in [2.05, 4.69) is 4.98 Å². The largest absolute Gasteiger partial charge is 0.500 e. The third-order valence-electron chi connectivity index (χ3n) is 3.63. The molecule has 0 bridgehead atoms. The minimum absolute atomic E-state index is 0.0488. The van der Waals surface area contributed by atoms with Crippen molar-refractivity contribution in [3.05, 3.63) is 69.9 Å². The lowest BCUT2D eigenvalue weighted by Crippen LogP contribution is -2.05. The van der Waals surface area contributed by atoms with Gasteiger partial charge in [-0.1, -0.05) is 18.2 Å². The number of carbonyl (C=O) groups excluding carboxylic acids is 1. The van der Waals surface area contributed by atoms with Gasteiger partial charge in [0.1, 0.15) is 0 Å². The average molecular weight is 324 g/mol. The predicted octanol–water partition coefficient (Wildman–Crippen LogP) is 3.09. The van der Waals surface area contributed by atoms with Crippen molar-refractivity contribution in [1.82, 2.24) is 4.98 Å². The normalized spacial score (nSPS) is 10.5. The third-order valence-corrected chi connectivity index (χ3v) is 3.63. The van der Waals surface area contributed by atoms with Crippen molar-refractivity contribution in [3.63, 3.8) is 0 Å². The van der Waals surface area contributed by atoms with Crippen LogP contribution in [0.3, 0.4) is 0 Å². The van der Waals surface area contributed by atoms with Gasteiger partial charge in [-0.3, -0.25) is 19.9 Å². The first-order chi connectivity index (χ1) is 11.5. The van der Waals surface area contributed by atoms with Crippen LogP contribution in [-0.2, 0) is 0 Å². The van der Waals surface area contributed by atoms with Crippen molar-refractivity contribution in [2.45, 2.75) is 0 Å².